The fourth-order valence-electron chi connectivity index (χ4n) is 4.27. The van der Waals surface area contributed by atoms with Crippen molar-refractivity contribution in [2.45, 2.75) is 84.0 Å². The number of hydrogen-bond acceptors (Lipinski definition) is 2. The highest BCUT2D eigenvalue weighted by atomic mass is 16.2. The topological polar surface area (TPSA) is 32.3 Å². The lowest BCUT2D eigenvalue weighted by molar-refractivity contribution is -0.135. The standard InChI is InChI=1S/C17H30N2O/c1-11(2)10-15-18-17(8-9-17)16(20)19(15)14-7-5-6-12(3)13(14)4/h11-15,18H,5-10H2,1-4H3. The maximum Gasteiger partial charge on any atom is 0.244 e. The Hall–Kier alpha value is -0.570. The molecule has 1 aliphatic heterocycles. The zero-order valence-corrected chi connectivity index (χ0v) is 13.5. The van der Waals surface area contributed by atoms with Crippen LogP contribution in [-0.4, -0.2) is 28.6 Å². The Balaban J connectivity index is 1.82. The number of amides is 1. The van der Waals surface area contributed by atoms with Crippen molar-refractivity contribution in [1.82, 2.24) is 10.2 Å². The summed E-state index contributed by atoms with van der Waals surface area (Å²) in [6.07, 6.45) is 7.27. The average molecular weight is 278 g/mol. The van der Waals surface area contributed by atoms with Gasteiger partial charge in [-0.2, -0.15) is 0 Å². The van der Waals surface area contributed by atoms with Crippen LogP contribution in [0.15, 0.2) is 0 Å². The minimum absolute atomic E-state index is 0.153. The average Bonchev–Trinajstić information content (AvgIpc) is 3.09. The second-order valence-electron chi connectivity index (χ2n) is 7.92. The van der Waals surface area contributed by atoms with Gasteiger partial charge in [0, 0.05) is 6.04 Å². The first-order chi connectivity index (χ1) is 9.44. The fourth-order valence-corrected chi connectivity index (χ4v) is 4.27. The SMILES string of the molecule is CC(C)CC1NC2(CC2)C(=O)N1C1CCCC(C)C1C. The highest BCUT2D eigenvalue weighted by Crippen LogP contribution is 2.46. The van der Waals surface area contributed by atoms with E-state index in [1.807, 2.05) is 0 Å². The second kappa shape index (κ2) is 5.01. The highest BCUT2D eigenvalue weighted by Gasteiger charge is 2.60. The van der Waals surface area contributed by atoms with Crippen LogP contribution in [-0.2, 0) is 4.79 Å². The Bertz CT molecular complexity index is 388. The number of carbonyl (C=O) groups excluding carboxylic acids is 1. The van der Waals surface area contributed by atoms with Crippen LogP contribution in [0.4, 0.5) is 0 Å². The molecule has 3 rings (SSSR count). The Morgan fingerprint density at radius 3 is 2.60 bits per heavy atom. The van der Waals surface area contributed by atoms with E-state index in [9.17, 15) is 4.79 Å². The number of carbonyl (C=O) groups is 1. The van der Waals surface area contributed by atoms with Gasteiger partial charge in [0.05, 0.1) is 11.7 Å². The Morgan fingerprint density at radius 1 is 1.30 bits per heavy atom. The summed E-state index contributed by atoms with van der Waals surface area (Å²) in [7, 11) is 0. The van der Waals surface area contributed by atoms with E-state index in [0.717, 1.165) is 25.2 Å². The van der Waals surface area contributed by atoms with E-state index < -0.39 is 0 Å². The van der Waals surface area contributed by atoms with Crippen molar-refractivity contribution in [2.24, 2.45) is 17.8 Å². The van der Waals surface area contributed by atoms with Gasteiger partial charge < -0.3 is 4.90 Å². The molecule has 2 saturated carbocycles. The molecule has 3 fully saturated rings. The van der Waals surface area contributed by atoms with Crippen molar-refractivity contribution in [3.05, 3.63) is 0 Å². The molecule has 1 heterocycles. The quantitative estimate of drug-likeness (QED) is 0.860. The molecule has 4 atom stereocenters. The van der Waals surface area contributed by atoms with E-state index in [-0.39, 0.29) is 11.7 Å². The lowest BCUT2D eigenvalue weighted by Crippen LogP contribution is -2.50. The summed E-state index contributed by atoms with van der Waals surface area (Å²) in [5.41, 5.74) is -0.153. The van der Waals surface area contributed by atoms with E-state index in [2.05, 4.69) is 37.9 Å². The Labute approximate surface area is 123 Å². The first kappa shape index (κ1) is 14.4. The van der Waals surface area contributed by atoms with Crippen LogP contribution in [0.2, 0.25) is 0 Å². The molecule has 3 nitrogen and oxygen atoms in total. The normalized spacial score (nSPS) is 39.9. The van der Waals surface area contributed by atoms with E-state index >= 15 is 0 Å². The van der Waals surface area contributed by atoms with Gasteiger partial charge in [-0.25, -0.2) is 0 Å². The van der Waals surface area contributed by atoms with Crippen molar-refractivity contribution >= 4 is 5.91 Å². The van der Waals surface area contributed by atoms with Crippen molar-refractivity contribution in [2.75, 3.05) is 0 Å². The van der Waals surface area contributed by atoms with Crippen LogP contribution >= 0.6 is 0 Å². The lowest BCUT2D eigenvalue weighted by atomic mass is 9.77. The van der Waals surface area contributed by atoms with Gasteiger partial charge in [-0.05, 0) is 43.4 Å². The summed E-state index contributed by atoms with van der Waals surface area (Å²) in [6.45, 7) is 9.23. The van der Waals surface area contributed by atoms with E-state index in [0.29, 0.717) is 23.8 Å². The third kappa shape index (κ3) is 2.28. The number of hydrogen-bond donors (Lipinski definition) is 1. The smallest absolute Gasteiger partial charge is 0.244 e. The largest absolute Gasteiger partial charge is 0.322 e. The van der Waals surface area contributed by atoms with Gasteiger partial charge in [0.25, 0.3) is 0 Å². The number of rotatable bonds is 3. The van der Waals surface area contributed by atoms with Crippen LogP contribution < -0.4 is 5.32 Å². The third-order valence-corrected chi connectivity index (χ3v) is 5.89. The zero-order chi connectivity index (χ0) is 14.5. The fraction of sp³-hybridized carbons (Fsp3) is 0.941. The Morgan fingerprint density at radius 2 is 2.00 bits per heavy atom. The summed E-state index contributed by atoms with van der Waals surface area (Å²) >= 11 is 0. The second-order valence-corrected chi connectivity index (χ2v) is 7.92. The van der Waals surface area contributed by atoms with Crippen LogP contribution in [0.25, 0.3) is 0 Å². The van der Waals surface area contributed by atoms with Crippen LogP contribution in [0, 0.1) is 17.8 Å². The molecule has 20 heavy (non-hydrogen) atoms. The van der Waals surface area contributed by atoms with Crippen molar-refractivity contribution in [1.29, 1.82) is 0 Å². The Kier molecular flexibility index (Phi) is 3.60. The van der Waals surface area contributed by atoms with Crippen LogP contribution in [0.3, 0.4) is 0 Å². The number of nitrogens with zero attached hydrogens (tertiary/aromatic N) is 1. The first-order valence-electron chi connectivity index (χ1n) is 8.55. The molecule has 1 N–H and O–H groups in total. The maximum absolute atomic E-state index is 12.9. The molecular formula is C17H30N2O. The molecule has 0 aromatic carbocycles. The van der Waals surface area contributed by atoms with Gasteiger partial charge in [0.1, 0.15) is 0 Å². The van der Waals surface area contributed by atoms with E-state index in [1.54, 1.807) is 0 Å². The molecule has 4 unspecified atom stereocenters. The van der Waals surface area contributed by atoms with Gasteiger partial charge in [0.15, 0.2) is 0 Å². The van der Waals surface area contributed by atoms with Gasteiger partial charge in [-0.3, -0.25) is 10.1 Å². The highest BCUT2D eigenvalue weighted by molar-refractivity contribution is 5.92. The van der Waals surface area contributed by atoms with Crippen molar-refractivity contribution in [3.63, 3.8) is 0 Å². The molecule has 1 amide bonds. The summed E-state index contributed by atoms with van der Waals surface area (Å²) in [4.78, 5) is 15.2. The molecule has 0 aromatic heterocycles. The maximum atomic E-state index is 12.9. The predicted molar refractivity (Wildman–Crippen MR) is 81.2 cm³/mol. The van der Waals surface area contributed by atoms with Gasteiger partial charge in [-0.15, -0.1) is 0 Å². The molecule has 0 radical (unpaired) electrons. The van der Waals surface area contributed by atoms with Gasteiger partial charge >= 0.3 is 0 Å². The molecule has 3 heteroatoms. The molecule has 0 aromatic rings. The monoisotopic (exact) mass is 278 g/mol. The molecule has 0 bridgehead atoms. The third-order valence-electron chi connectivity index (χ3n) is 5.89. The molecule has 114 valence electrons. The lowest BCUT2D eigenvalue weighted by Gasteiger charge is -2.42. The predicted octanol–water partition coefficient (Wildman–Crippen LogP) is 3.15. The van der Waals surface area contributed by atoms with E-state index in [1.165, 1.54) is 19.3 Å². The van der Waals surface area contributed by atoms with Gasteiger partial charge in [-0.1, -0.05) is 40.5 Å². The first-order valence-corrected chi connectivity index (χ1v) is 8.55. The number of nitrogens with one attached hydrogen (secondary N) is 1. The summed E-state index contributed by atoms with van der Waals surface area (Å²) in [6, 6.07) is 0.461. The van der Waals surface area contributed by atoms with E-state index in [4.69, 9.17) is 0 Å². The van der Waals surface area contributed by atoms with Crippen molar-refractivity contribution < 1.29 is 4.79 Å². The minimum atomic E-state index is -0.153. The molecule has 1 saturated heterocycles. The molecule has 2 aliphatic carbocycles. The summed E-state index contributed by atoms with van der Waals surface area (Å²) in [5, 5.41) is 3.68. The summed E-state index contributed by atoms with van der Waals surface area (Å²) < 4.78 is 0. The molecular weight excluding hydrogens is 248 g/mol. The minimum Gasteiger partial charge on any atom is -0.322 e. The summed E-state index contributed by atoms with van der Waals surface area (Å²) in [5.74, 6) is 2.43. The molecule has 3 aliphatic rings. The van der Waals surface area contributed by atoms with Crippen LogP contribution in [0.5, 0.6) is 0 Å². The van der Waals surface area contributed by atoms with Crippen molar-refractivity contribution in [3.8, 4) is 0 Å². The molecule has 1 spiro atoms. The van der Waals surface area contributed by atoms with Gasteiger partial charge in [0.2, 0.25) is 5.91 Å². The zero-order valence-electron chi connectivity index (χ0n) is 13.5. The van der Waals surface area contributed by atoms with Crippen LogP contribution in [0.1, 0.15) is 66.2 Å².